The molecule has 5 nitrogen and oxygen atoms in total. The Balaban J connectivity index is 1.34. The van der Waals surface area contributed by atoms with Gasteiger partial charge in [0, 0.05) is 23.9 Å². The van der Waals surface area contributed by atoms with E-state index in [9.17, 15) is 9.59 Å². The van der Waals surface area contributed by atoms with Crippen LogP contribution >= 0.6 is 11.3 Å². The molecule has 2 aromatic carbocycles. The number of likely N-dealkylation sites (tertiary alicyclic amines) is 1. The Kier molecular flexibility index (Phi) is 5.95. The summed E-state index contributed by atoms with van der Waals surface area (Å²) in [6.07, 6.45) is 0.196. The monoisotopic (exact) mass is 420 g/mol. The number of hydrogen-bond acceptors (Lipinski definition) is 5. The summed E-state index contributed by atoms with van der Waals surface area (Å²) in [4.78, 5) is 31.4. The molecule has 0 bridgehead atoms. The number of thiazole rings is 1. The standard InChI is InChI=1S/C24H24N2O3S/c1-16-8-10-19(11-9-16)23-25-21(15-30-23)14-29-24(28)20-12-22(27)26(13-20)17(2)18-6-4-3-5-7-18/h3-11,15,17,20H,12-14H2,1-2H3/t17-,20-/m1/s1. The van der Waals surface area contributed by atoms with E-state index in [4.69, 9.17) is 4.74 Å². The molecule has 0 spiro atoms. The lowest BCUT2D eigenvalue weighted by Crippen LogP contribution is -2.29. The Bertz CT molecular complexity index is 1030. The van der Waals surface area contributed by atoms with E-state index in [0.29, 0.717) is 6.54 Å². The number of aryl methyl sites for hydroxylation is 1. The second kappa shape index (κ2) is 8.79. The number of carbonyl (C=O) groups is 2. The molecule has 1 amide bonds. The number of hydrogen-bond donors (Lipinski definition) is 0. The predicted molar refractivity (Wildman–Crippen MR) is 117 cm³/mol. The van der Waals surface area contributed by atoms with Crippen LogP contribution in [0.5, 0.6) is 0 Å². The van der Waals surface area contributed by atoms with E-state index in [1.54, 1.807) is 4.90 Å². The first-order chi connectivity index (χ1) is 14.5. The molecule has 3 aromatic rings. The number of esters is 1. The average Bonchev–Trinajstić information content (AvgIpc) is 3.39. The maximum absolute atomic E-state index is 12.6. The van der Waals surface area contributed by atoms with Crippen molar-refractivity contribution in [3.63, 3.8) is 0 Å². The fourth-order valence-electron chi connectivity index (χ4n) is 3.64. The van der Waals surface area contributed by atoms with Crippen molar-refractivity contribution in [2.45, 2.75) is 32.9 Å². The predicted octanol–water partition coefficient (Wildman–Crippen LogP) is 4.77. The summed E-state index contributed by atoms with van der Waals surface area (Å²) in [5.74, 6) is -0.779. The summed E-state index contributed by atoms with van der Waals surface area (Å²) in [6.45, 7) is 4.55. The van der Waals surface area contributed by atoms with Gasteiger partial charge in [0.2, 0.25) is 5.91 Å². The van der Waals surface area contributed by atoms with Crippen LogP contribution in [-0.2, 0) is 20.9 Å². The second-order valence-corrected chi connectivity index (χ2v) is 8.51. The molecule has 1 aromatic heterocycles. The van der Waals surface area contributed by atoms with Crippen molar-refractivity contribution in [2.24, 2.45) is 5.92 Å². The molecule has 0 aliphatic carbocycles. The van der Waals surface area contributed by atoms with E-state index < -0.39 is 5.92 Å². The highest BCUT2D eigenvalue weighted by molar-refractivity contribution is 7.13. The van der Waals surface area contributed by atoms with Gasteiger partial charge in [-0.2, -0.15) is 0 Å². The van der Waals surface area contributed by atoms with Crippen LogP contribution in [0.2, 0.25) is 0 Å². The van der Waals surface area contributed by atoms with Crippen LogP contribution in [0.4, 0.5) is 0 Å². The molecule has 154 valence electrons. The van der Waals surface area contributed by atoms with Crippen LogP contribution < -0.4 is 0 Å². The van der Waals surface area contributed by atoms with Gasteiger partial charge in [-0.25, -0.2) is 4.98 Å². The summed E-state index contributed by atoms with van der Waals surface area (Å²) >= 11 is 1.53. The molecule has 0 unspecified atom stereocenters. The number of ether oxygens (including phenoxy) is 1. The topological polar surface area (TPSA) is 59.5 Å². The number of nitrogens with zero attached hydrogens (tertiary/aromatic N) is 2. The van der Waals surface area contributed by atoms with Crippen LogP contribution in [0, 0.1) is 12.8 Å². The summed E-state index contributed by atoms with van der Waals surface area (Å²) in [5, 5.41) is 2.81. The summed E-state index contributed by atoms with van der Waals surface area (Å²) in [5.41, 5.74) is 4.04. The zero-order chi connectivity index (χ0) is 21.1. The molecular weight excluding hydrogens is 396 g/mol. The molecule has 1 aliphatic rings. The van der Waals surface area contributed by atoms with Crippen molar-refractivity contribution in [1.82, 2.24) is 9.88 Å². The lowest BCUT2D eigenvalue weighted by atomic mass is 10.1. The van der Waals surface area contributed by atoms with Crippen LogP contribution in [0.15, 0.2) is 60.0 Å². The van der Waals surface area contributed by atoms with Gasteiger partial charge < -0.3 is 9.64 Å². The normalized spacial score (nSPS) is 17.2. The number of aromatic nitrogens is 1. The molecule has 1 saturated heterocycles. The molecule has 2 heterocycles. The van der Waals surface area contributed by atoms with Crippen LogP contribution in [-0.4, -0.2) is 28.3 Å². The molecule has 2 atom stereocenters. The van der Waals surface area contributed by atoms with Crippen molar-refractivity contribution in [3.8, 4) is 10.6 Å². The molecule has 1 fully saturated rings. The van der Waals surface area contributed by atoms with Gasteiger partial charge in [-0.3, -0.25) is 9.59 Å². The quantitative estimate of drug-likeness (QED) is 0.539. The average molecular weight is 421 g/mol. The van der Waals surface area contributed by atoms with Gasteiger partial charge in [-0.15, -0.1) is 11.3 Å². The van der Waals surface area contributed by atoms with Gasteiger partial charge in [0.15, 0.2) is 0 Å². The Morgan fingerprint density at radius 3 is 2.67 bits per heavy atom. The SMILES string of the molecule is Cc1ccc(-c2nc(COC(=O)[C@@H]3CC(=O)N([C@H](C)c4ccccc4)C3)cs2)cc1. The van der Waals surface area contributed by atoms with Gasteiger partial charge in [0.05, 0.1) is 17.7 Å². The van der Waals surface area contributed by atoms with Gasteiger partial charge in [-0.05, 0) is 19.4 Å². The van der Waals surface area contributed by atoms with Crippen LogP contribution in [0.1, 0.15) is 36.2 Å². The summed E-state index contributed by atoms with van der Waals surface area (Å²) in [7, 11) is 0. The van der Waals surface area contributed by atoms with Crippen molar-refractivity contribution in [1.29, 1.82) is 0 Å². The third kappa shape index (κ3) is 4.44. The number of amides is 1. The van der Waals surface area contributed by atoms with Crippen molar-refractivity contribution < 1.29 is 14.3 Å². The van der Waals surface area contributed by atoms with E-state index in [2.05, 4.69) is 17.1 Å². The lowest BCUT2D eigenvalue weighted by molar-refractivity contribution is -0.149. The molecule has 1 aliphatic heterocycles. The summed E-state index contributed by atoms with van der Waals surface area (Å²) < 4.78 is 5.49. The Labute approximate surface area is 180 Å². The third-order valence-electron chi connectivity index (χ3n) is 5.45. The molecule has 0 radical (unpaired) electrons. The highest BCUT2D eigenvalue weighted by Crippen LogP contribution is 2.29. The Morgan fingerprint density at radius 2 is 1.93 bits per heavy atom. The molecule has 6 heteroatoms. The number of carbonyl (C=O) groups excluding carboxylic acids is 2. The maximum atomic E-state index is 12.6. The van der Waals surface area contributed by atoms with Crippen LogP contribution in [0.25, 0.3) is 10.6 Å². The van der Waals surface area contributed by atoms with Gasteiger partial charge >= 0.3 is 5.97 Å². The fraction of sp³-hybridized carbons (Fsp3) is 0.292. The highest BCUT2D eigenvalue weighted by Gasteiger charge is 2.37. The second-order valence-electron chi connectivity index (χ2n) is 7.65. The smallest absolute Gasteiger partial charge is 0.311 e. The van der Waals surface area contributed by atoms with Crippen molar-refractivity contribution >= 4 is 23.2 Å². The van der Waals surface area contributed by atoms with Gasteiger partial charge in [0.1, 0.15) is 11.6 Å². The number of rotatable bonds is 6. The first-order valence-corrected chi connectivity index (χ1v) is 10.9. The molecule has 30 heavy (non-hydrogen) atoms. The van der Waals surface area contributed by atoms with E-state index >= 15 is 0 Å². The largest absolute Gasteiger partial charge is 0.459 e. The Hall–Kier alpha value is -2.99. The number of benzene rings is 2. The van der Waals surface area contributed by atoms with E-state index in [-0.39, 0.29) is 30.9 Å². The van der Waals surface area contributed by atoms with Gasteiger partial charge in [-0.1, -0.05) is 60.2 Å². The highest BCUT2D eigenvalue weighted by atomic mass is 32.1. The molecular formula is C24H24N2O3S. The van der Waals surface area contributed by atoms with Crippen molar-refractivity contribution in [3.05, 3.63) is 76.8 Å². The zero-order valence-corrected chi connectivity index (χ0v) is 17.9. The minimum absolute atomic E-state index is 0.0105. The molecule has 0 N–H and O–H groups in total. The fourth-order valence-corrected chi connectivity index (χ4v) is 4.45. The van der Waals surface area contributed by atoms with Gasteiger partial charge in [0.25, 0.3) is 0 Å². The van der Waals surface area contributed by atoms with E-state index in [1.165, 1.54) is 16.9 Å². The zero-order valence-electron chi connectivity index (χ0n) is 17.1. The lowest BCUT2D eigenvalue weighted by Gasteiger charge is -2.25. The molecule has 4 rings (SSSR count). The summed E-state index contributed by atoms with van der Waals surface area (Å²) in [6, 6.07) is 18.0. The first kappa shape index (κ1) is 20.3. The maximum Gasteiger partial charge on any atom is 0.311 e. The van der Waals surface area contributed by atoms with E-state index in [0.717, 1.165) is 21.8 Å². The minimum Gasteiger partial charge on any atom is -0.459 e. The minimum atomic E-state index is -0.432. The Morgan fingerprint density at radius 1 is 1.20 bits per heavy atom. The first-order valence-electron chi connectivity index (χ1n) is 10.0. The third-order valence-corrected chi connectivity index (χ3v) is 6.39. The van der Waals surface area contributed by atoms with E-state index in [1.807, 2.05) is 61.7 Å². The van der Waals surface area contributed by atoms with Crippen molar-refractivity contribution in [2.75, 3.05) is 6.54 Å². The molecule has 0 saturated carbocycles. The van der Waals surface area contributed by atoms with Crippen LogP contribution in [0.3, 0.4) is 0 Å².